The number of pyridine rings is 1. The number of aryl methyl sites for hydroxylation is 1. The van der Waals surface area contributed by atoms with E-state index in [1.807, 2.05) is 37.3 Å². The standard InChI is InChI=1S/C18H15NO4/c1-10-8-9-19-16-15(10)17(22-11(2)20)13-6-4-5-7-14(13)18(16)23-12(3)21/h4-9H,1-3H3. The maximum atomic E-state index is 11.5. The molecule has 0 spiro atoms. The summed E-state index contributed by atoms with van der Waals surface area (Å²) < 4.78 is 10.9. The summed E-state index contributed by atoms with van der Waals surface area (Å²) in [5.41, 5.74) is 1.38. The topological polar surface area (TPSA) is 65.5 Å². The summed E-state index contributed by atoms with van der Waals surface area (Å²) >= 11 is 0. The van der Waals surface area contributed by atoms with Crippen molar-refractivity contribution in [1.82, 2.24) is 4.98 Å². The molecule has 0 amide bonds. The smallest absolute Gasteiger partial charge is 0.308 e. The number of hydrogen-bond donors (Lipinski definition) is 0. The van der Waals surface area contributed by atoms with Crippen molar-refractivity contribution in [3.05, 3.63) is 42.1 Å². The second-order valence-electron chi connectivity index (χ2n) is 5.24. The number of aromatic nitrogens is 1. The molecule has 3 aromatic rings. The average Bonchev–Trinajstić information content (AvgIpc) is 2.50. The minimum Gasteiger partial charge on any atom is -0.425 e. The Balaban J connectivity index is 2.53. The fourth-order valence-corrected chi connectivity index (χ4v) is 2.66. The zero-order valence-corrected chi connectivity index (χ0v) is 13.0. The maximum Gasteiger partial charge on any atom is 0.308 e. The minimum atomic E-state index is -0.431. The summed E-state index contributed by atoms with van der Waals surface area (Å²) in [6.07, 6.45) is 1.64. The van der Waals surface area contributed by atoms with E-state index in [0.29, 0.717) is 33.2 Å². The third-order valence-electron chi connectivity index (χ3n) is 3.51. The molecule has 0 radical (unpaired) electrons. The molecule has 0 saturated carbocycles. The van der Waals surface area contributed by atoms with Gasteiger partial charge in [-0.2, -0.15) is 0 Å². The van der Waals surface area contributed by atoms with E-state index in [4.69, 9.17) is 9.47 Å². The van der Waals surface area contributed by atoms with Crippen molar-refractivity contribution >= 4 is 33.6 Å². The van der Waals surface area contributed by atoms with E-state index in [1.165, 1.54) is 13.8 Å². The zero-order valence-electron chi connectivity index (χ0n) is 13.0. The van der Waals surface area contributed by atoms with Gasteiger partial charge in [-0.3, -0.25) is 14.6 Å². The molecule has 1 aromatic heterocycles. The predicted molar refractivity (Wildman–Crippen MR) is 86.6 cm³/mol. The van der Waals surface area contributed by atoms with E-state index in [-0.39, 0.29) is 0 Å². The van der Waals surface area contributed by atoms with Gasteiger partial charge in [-0.25, -0.2) is 0 Å². The monoisotopic (exact) mass is 309 g/mol. The Bertz CT molecular complexity index is 947. The minimum absolute atomic E-state index is 0.378. The van der Waals surface area contributed by atoms with Crippen LogP contribution in [-0.2, 0) is 9.59 Å². The molecule has 0 N–H and O–H groups in total. The van der Waals surface area contributed by atoms with Crippen LogP contribution in [0.25, 0.3) is 21.7 Å². The normalized spacial score (nSPS) is 10.7. The lowest BCUT2D eigenvalue weighted by molar-refractivity contribution is -0.132. The second-order valence-corrected chi connectivity index (χ2v) is 5.24. The Labute approximate surface area is 132 Å². The Morgan fingerprint density at radius 3 is 2.09 bits per heavy atom. The van der Waals surface area contributed by atoms with Gasteiger partial charge < -0.3 is 9.47 Å². The molecule has 2 aromatic carbocycles. The number of esters is 2. The van der Waals surface area contributed by atoms with Gasteiger partial charge in [0.15, 0.2) is 5.75 Å². The molecule has 5 heteroatoms. The molecule has 0 unspecified atom stereocenters. The summed E-state index contributed by atoms with van der Waals surface area (Å²) in [5.74, 6) is -0.0350. The fraction of sp³-hybridized carbons (Fsp3) is 0.167. The van der Waals surface area contributed by atoms with Gasteiger partial charge in [0.1, 0.15) is 11.3 Å². The van der Waals surface area contributed by atoms with Gasteiger partial charge in [-0.1, -0.05) is 24.3 Å². The van der Waals surface area contributed by atoms with Gasteiger partial charge in [0.2, 0.25) is 0 Å². The van der Waals surface area contributed by atoms with Crippen LogP contribution in [0.2, 0.25) is 0 Å². The number of benzene rings is 2. The average molecular weight is 309 g/mol. The Kier molecular flexibility index (Phi) is 3.70. The zero-order chi connectivity index (χ0) is 16.6. The first-order chi connectivity index (χ1) is 11.0. The van der Waals surface area contributed by atoms with Gasteiger partial charge in [0.05, 0.1) is 5.39 Å². The van der Waals surface area contributed by atoms with E-state index in [0.717, 1.165) is 5.56 Å². The third-order valence-corrected chi connectivity index (χ3v) is 3.51. The largest absolute Gasteiger partial charge is 0.425 e. The van der Waals surface area contributed by atoms with Crippen LogP contribution >= 0.6 is 0 Å². The number of ether oxygens (including phenoxy) is 2. The molecule has 5 nitrogen and oxygen atoms in total. The van der Waals surface area contributed by atoms with Crippen LogP contribution in [0.5, 0.6) is 11.5 Å². The predicted octanol–water partition coefficient (Wildman–Crippen LogP) is 3.55. The van der Waals surface area contributed by atoms with Crippen molar-refractivity contribution in [2.24, 2.45) is 0 Å². The summed E-state index contributed by atoms with van der Waals surface area (Å²) in [6.45, 7) is 4.59. The van der Waals surface area contributed by atoms with Crippen LogP contribution in [0.1, 0.15) is 19.4 Å². The third kappa shape index (κ3) is 2.61. The number of fused-ring (bicyclic) bond motifs is 2. The van der Waals surface area contributed by atoms with Crippen molar-refractivity contribution in [2.45, 2.75) is 20.8 Å². The van der Waals surface area contributed by atoms with E-state index in [9.17, 15) is 9.59 Å². The van der Waals surface area contributed by atoms with E-state index in [2.05, 4.69) is 4.98 Å². The molecular formula is C18H15NO4. The molecule has 0 atom stereocenters. The molecule has 0 aliphatic rings. The molecule has 23 heavy (non-hydrogen) atoms. The SMILES string of the molecule is CC(=O)Oc1c2ccccc2c(OC(C)=O)c2c(C)ccnc12. The van der Waals surface area contributed by atoms with Gasteiger partial charge in [0.25, 0.3) is 0 Å². The summed E-state index contributed by atoms with van der Waals surface area (Å²) in [6, 6.07) is 9.12. The molecular weight excluding hydrogens is 294 g/mol. The lowest BCUT2D eigenvalue weighted by Crippen LogP contribution is -2.07. The van der Waals surface area contributed by atoms with E-state index < -0.39 is 11.9 Å². The molecule has 3 rings (SSSR count). The Morgan fingerprint density at radius 1 is 0.913 bits per heavy atom. The molecule has 0 saturated heterocycles. The molecule has 0 aliphatic carbocycles. The van der Waals surface area contributed by atoms with Crippen LogP contribution in [-0.4, -0.2) is 16.9 Å². The quantitative estimate of drug-likeness (QED) is 0.411. The number of carbonyl (C=O) groups is 2. The highest BCUT2D eigenvalue weighted by atomic mass is 16.5. The number of rotatable bonds is 2. The lowest BCUT2D eigenvalue weighted by atomic mass is 10.0. The lowest BCUT2D eigenvalue weighted by Gasteiger charge is -2.15. The van der Waals surface area contributed by atoms with Crippen LogP contribution in [0, 0.1) is 6.92 Å². The molecule has 0 bridgehead atoms. The van der Waals surface area contributed by atoms with Crippen molar-refractivity contribution in [1.29, 1.82) is 0 Å². The first kappa shape index (κ1) is 15.0. The Hall–Kier alpha value is -2.95. The molecule has 0 fully saturated rings. The maximum absolute atomic E-state index is 11.5. The fourth-order valence-electron chi connectivity index (χ4n) is 2.66. The first-order valence-electron chi connectivity index (χ1n) is 7.16. The van der Waals surface area contributed by atoms with Gasteiger partial charge >= 0.3 is 11.9 Å². The Morgan fingerprint density at radius 2 is 1.48 bits per heavy atom. The van der Waals surface area contributed by atoms with Crippen molar-refractivity contribution in [3.8, 4) is 11.5 Å². The van der Waals surface area contributed by atoms with E-state index >= 15 is 0 Å². The van der Waals surface area contributed by atoms with E-state index in [1.54, 1.807) is 6.20 Å². The van der Waals surface area contributed by atoms with Crippen LogP contribution in [0.4, 0.5) is 0 Å². The summed E-state index contributed by atoms with van der Waals surface area (Å²) in [4.78, 5) is 27.4. The van der Waals surface area contributed by atoms with Crippen LogP contribution in [0.3, 0.4) is 0 Å². The molecule has 0 aliphatic heterocycles. The molecule has 1 heterocycles. The van der Waals surface area contributed by atoms with Crippen LogP contribution in [0.15, 0.2) is 36.5 Å². The van der Waals surface area contributed by atoms with Crippen LogP contribution < -0.4 is 9.47 Å². The van der Waals surface area contributed by atoms with Gasteiger partial charge in [-0.05, 0) is 18.6 Å². The highest BCUT2D eigenvalue weighted by Crippen LogP contribution is 2.43. The summed E-state index contributed by atoms with van der Waals surface area (Å²) in [7, 11) is 0. The summed E-state index contributed by atoms with van der Waals surface area (Å²) in [5, 5.41) is 2.03. The highest BCUT2D eigenvalue weighted by molar-refractivity contribution is 6.12. The van der Waals surface area contributed by atoms with Crippen molar-refractivity contribution < 1.29 is 19.1 Å². The second kappa shape index (κ2) is 5.68. The number of carbonyl (C=O) groups excluding carboxylic acids is 2. The van der Waals surface area contributed by atoms with Gasteiger partial charge in [0, 0.05) is 30.8 Å². The van der Waals surface area contributed by atoms with Gasteiger partial charge in [-0.15, -0.1) is 0 Å². The first-order valence-corrected chi connectivity index (χ1v) is 7.16. The molecule has 116 valence electrons. The number of nitrogens with zero attached hydrogens (tertiary/aromatic N) is 1. The van der Waals surface area contributed by atoms with Crippen molar-refractivity contribution in [2.75, 3.05) is 0 Å². The number of hydrogen-bond acceptors (Lipinski definition) is 5. The van der Waals surface area contributed by atoms with Crippen molar-refractivity contribution in [3.63, 3.8) is 0 Å². The highest BCUT2D eigenvalue weighted by Gasteiger charge is 2.20.